The van der Waals surface area contributed by atoms with Gasteiger partial charge in [0, 0.05) is 7.05 Å². The average molecular weight is 175 g/mol. The highest BCUT2D eigenvalue weighted by molar-refractivity contribution is 4.76. The Balaban J connectivity index is 3.75. The van der Waals surface area contributed by atoms with E-state index < -0.39 is 0 Å². The fraction of sp³-hybridized carbons (Fsp3) is 0.750. The molecule has 0 aliphatic heterocycles. The van der Waals surface area contributed by atoms with Crippen molar-refractivity contribution in [3.8, 4) is 0 Å². The monoisotopic (exact) mass is 175 g/mol. The molecule has 0 heterocycles. The molecule has 0 aliphatic carbocycles. The Hall–Kier alpha value is -0.740. The SMILES string of the molecule is C=C(O)N(C)CC[N+](C)(C)CO. The van der Waals surface area contributed by atoms with Crippen molar-refractivity contribution in [2.75, 3.05) is 41.0 Å². The van der Waals surface area contributed by atoms with Gasteiger partial charge in [0.25, 0.3) is 0 Å². The molecule has 2 N–H and O–H groups in total. The molecule has 0 rings (SSSR count). The van der Waals surface area contributed by atoms with E-state index >= 15 is 0 Å². The summed E-state index contributed by atoms with van der Waals surface area (Å²) in [4.78, 5) is 1.65. The maximum atomic E-state index is 8.95. The third kappa shape index (κ3) is 4.20. The molecule has 0 spiro atoms. The van der Waals surface area contributed by atoms with Crippen LogP contribution in [0.3, 0.4) is 0 Å². The summed E-state index contributed by atoms with van der Waals surface area (Å²) in [5.74, 6) is 0.0629. The van der Waals surface area contributed by atoms with E-state index in [2.05, 4.69) is 6.58 Å². The number of hydrogen-bond donors (Lipinski definition) is 2. The Kier molecular flexibility index (Phi) is 4.06. The maximum Gasteiger partial charge on any atom is 0.179 e. The molecule has 0 saturated carbocycles. The van der Waals surface area contributed by atoms with Gasteiger partial charge < -0.3 is 19.6 Å². The van der Waals surface area contributed by atoms with E-state index in [0.29, 0.717) is 11.0 Å². The van der Waals surface area contributed by atoms with Gasteiger partial charge in [0.15, 0.2) is 12.6 Å². The van der Waals surface area contributed by atoms with E-state index in [9.17, 15) is 0 Å². The molecule has 0 unspecified atom stereocenters. The standard InChI is InChI=1S/C8H18N2O2/c1-8(12)9(2)5-6-10(3,4)7-11/h11H,1,5-7H2,2-4H3/p+1. The molecule has 4 nitrogen and oxygen atoms in total. The first-order valence-electron chi connectivity index (χ1n) is 3.91. The number of hydrogen-bond acceptors (Lipinski definition) is 3. The molecule has 0 saturated heterocycles. The molecule has 0 fully saturated rings. The highest BCUT2D eigenvalue weighted by atomic mass is 16.3. The van der Waals surface area contributed by atoms with Crippen LogP contribution in [0.5, 0.6) is 0 Å². The lowest BCUT2D eigenvalue weighted by Crippen LogP contribution is -2.45. The second-order valence-electron chi connectivity index (χ2n) is 3.64. The van der Waals surface area contributed by atoms with Gasteiger partial charge in [0.2, 0.25) is 0 Å². The van der Waals surface area contributed by atoms with Crippen LogP contribution in [-0.4, -0.2) is 60.6 Å². The lowest BCUT2D eigenvalue weighted by molar-refractivity contribution is -0.908. The average Bonchev–Trinajstić information content (AvgIpc) is 2.00. The molecule has 0 amide bonds. The molecule has 0 aromatic rings. The highest BCUT2D eigenvalue weighted by Crippen LogP contribution is 1.97. The molecule has 4 heteroatoms. The van der Waals surface area contributed by atoms with Gasteiger partial charge in [-0.15, -0.1) is 0 Å². The van der Waals surface area contributed by atoms with Gasteiger partial charge in [-0.1, -0.05) is 0 Å². The fourth-order valence-electron chi connectivity index (χ4n) is 0.620. The Morgan fingerprint density at radius 1 is 1.50 bits per heavy atom. The predicted octanol–water partition coefficient (Wildman–Crippen LogP) is -0.0264. The number of likely N-dealkylation sites (N-methyl/N-ethyl adjacent to an activating group) is 2. The minimum absolute atomic E-state index is 0.0629. The van der Waals surface area contributed by atoms with Crippen LogP contribution in [-0.2, 0) is 0 Å². The van der Waals surface area contributed by atoms with E-state index in [4.69, 9.17) is 10.2 Å². The quantitative estimate of drug-likeness (QED) is 0.350. The molecule has 0 aromatic heterocycles. The Bertz CT molecular complexity index is 157. The van der Waals surface area contributed by atoms with Crippen LogP contribution >= 0.6 is 0 Å². The zero-order valence-corrected chi connectivity index (χ0v) is 8.12. The van der Waals surface area contributed by atoms with Crippen molar-refractivity contribution < 1.29 is 14.7 Å². The smallest absolute Gasteiger partial charge is 0.179 e. The van der Waals surface area contributed by atoms with Crippen molar-refractivity contribution in [3.63, 3.8) is 0 Å². The molecule has 0 aromatic carbocycles. The van der Waals surface area contributed by atoms with Gasteiger partial charge in [-0.25, -0.2) is 0 Å². The Labute approximate surface area is 73.9 Å². The third-order valence-corrected chi connectivity index (χ3v) is 1.86. The zero-order valence-electron chi connectivity index (χ0n) is 8.12. The van der Waals surface area contributed by atoms with E-state index in [1.165, 1.54) is 0 Å². The van der Waals surface area contributed by atoms with Crippen molar-refractivity contribution >= 4 is 0 Å². The normalized spacial score (nSPS) is 11.3. The lowest BCUT2D eigenvalue weighted by atomic mass is 10.4. The van der Waals surface area contributed by atoms with Gasteiger partial charge >= 0.3 is 0 Å². The van der Waals surface area contributed by atoms with Crippen LogP contribution in [0.4, 0.5) is 0 Å². The van der Waals surface area contributed by atoms with E-state index in [-0.39, 0.29) is 12.6 Å². The minimum Gasteiger partial charge on any atom is -0.495 e. The number of nitrogens with zero attached hydrogens (tertiary/aromatic N) is 2. The Morgan fingerprint density at radius 2 is 2.00 bits per heavy atom. The highest BCUT2D eigenvalue weighted by Gasteiger charge is 2.13. The summed E-state index contributed by atoms with van der Waals surface area (Å²) in [6, 6.07) is 0. The maximum absolute atomic E-state index is 8.95. The van der Waals surface area contributed by atoms with Crippen molar-refractivity contribution in [3.05, 3.63) is 12.5 Å². The Morgan fingerprint density at radius 3 is 2.33 bits per heavy atom. The summed E-state index contributed by atoms with van der Waals surface area (Å²) in [5.41, 5.74) is 0. The third-order valence-electron chi connectivity index (χ3n) is 1.86. The van der Waals surface area contributed by atoms with Crippen LogP contribution < -0.4 is 0 Å². The van der Waals surface area contributed by atoms with Crippen LogP contribution in [0, 0.1) is 0 Å². The largest absolute Gasteiger partial charge is 0.495 e. The number of quaternary nitrogens is 1. The van der Waals surface area contributed by atoms with Gasteiger partial charge in [-0.05, 0) is 6.58 Å². The molecular weight excluding hydrogens is 156 g/mol. The second kappa shape index (κ2) is 4.33. The number of rotatable bonds is 5. The van der Waals surface area contributed by atoms with Crippen molar-refractivity contribution in [2.24, 2.45) is 0 Å². The summed E-state index contributed by atoms with van der Waals surface area (Å²) in [7, 11) is 5.61. The van der Waals surface area contributed by atoms with Crippen LogP contribution in [0.2, 0.25) is 0 Å². The van der Waals surface area contributed by atoms with Crippen molar-refractivity contribution in [1.29, 1.82) is 0 Å². The van der Waals surface area contributed by atoms with Gasteiger partial charge in [-0.3, -0.25) is 0 Å². The first kappa shape index (κ1) is 11.3. The zero-order chi connectivity index (χ0) is 9.78. The van der Waals surface area contributed by atoms with Crippen LogP contribution in [0.15, 0.2) is 12.5 Å². The van der Waals surface area contributed by atoms with E-state index in [1.807, 2.05) is 14.1 Å². The molecule has 0 radical (unpaired) electrons. The predicted molar refractivity (Wildman–Crippen MR) is 48.5 cm³/mol. The first-order valence-corrected chi connectivity index (χ1v) is 3.91. The van der Waals surface area contributed by atoms with Crippen molar-refractivity contribution in [2.45, 2.75) is 0 Å². The minimum atomic E-state index is 0.0629. The fourth-order valence-corrected chi connectivity index (χ4v) is 0.620. The van der Waals surface area contributed by atoms with Crippen LogP contribution in [0.1, 0.15) is 0 Å². The molecule has 0 atom stereocenters. The van der Waals surface area contributed by atoms with E-state index in [0.717, 1.165) is 6.54 Å². The topological polar surface area (TPSA) is 43.7 Å². The van der Waals surface area contributed by atoms with Crippen molar-refractivity contribution in [1.82, 2.24) is 4.90 Å². The summed E-state index contributed by atoms with van der Waals surface area (Å²) in [6.45, 7) is 4.95. The molecule has 72 valence electrons. The second-order valence-corrected chi connectivity index (χ2v) is 3.64. The summed E-state index contributed by atoms with van der Waals surface area (Å²) in [5, 5.41) is 17.9. The molecule has 0 aliphatic rings. The van der Waals surface area contributed by atoms with Gasteiger partial charge in [-0.2, -0.15) is 0 Å². The number of aliphatic hydroxyl groups is 2. The summed E-state index contributed by atoms with van der Waals surface area (Å²) in [6.07, 6.45) is 0. The van der Waals surface area contributed by atoms with E-state index in [1.54, 1.807) is 11.9 Å². The molecule has 0 bridgehead atoms. The molecular formula is C8H19N2O2+. The number of aliphatic hydroxyl groups excluding tert-OH is 2. The van der Waals surface area contributed by atoms with Gasteiger partial charge in [0.1, 0.15) is 0 Å². The van der Waals surface area contributed by atoms with Crippen LogP contribution in [0.25, 0.3) is 0 Å². The first-order chi connectivity index (χ1) is 5.39. The summed E-state index contributed by atoms with van der Waals surface area (Å²) >= 11 is 0. The van der Waals surface area contributed by atoms with Gasteiger partial charge in [0.05, 0.1) is 27.2 Å². The molecule has 12 heavy (non-hydrogen) atoms. The lowest BCUT2D eigenvalue weighted by Gasteiger charge is -2.29. The summed E-state index contributed by atoms with van der Waals surface area (Å²) < 4.78 is 0.525.